The van der Waals surface area contributed by atoms with E-state index < -0.39 is 12.1 Å². The summed E-state index contributed by atoms with van der Waals surface area (Å²) in [5, 5.41) is 5.91. The number of nitrogens with one attached hydrogen (secondary N) is 2. The van der Waals surface area contributed by atoms with Gasteiger partial charge in [-0.15, -0.1) is 0 Å². The van der Waals surface area contributed by atoms with Crippen LogP contribution in [-0.2, 0) is 19.1 Å². The summed E-state index contributed by atoms with van der Waals surface area (Å²) in [5.74, 6) is -0.325. The van der Waals surface area contributed by atoms with Crippen molar-refractivity contribution >= 4 is 17.7 Å². The van der Waals surface area contributed by atoms with Gasteiger partial charge in [-0.3, -0.25) is 19.3 Å². The van der Waals surface area contributed by atoms with E-state index in [4.69, 9.17) is 4.74 Å². The van der Waals surface area contributed by atoms with E-state index >= 15 is 0 Å². The molecule has 0 heterocycles. The SMILES string of the molecule is CC[C@H](C)[C@@H]([C@@H](CC(=O)NC(C)C)OC)N(C)C(=O)[C@@H](NC(=O)[C@H](C(C)C)N(C)C)C(C)C. The minimum Gasteiger partial charge on any atom is -0.379 e. The van der Waals surface area contributed by atoms with Crippen molar-refractivity contribution in [3.63, 3.8) is 0 Å². The fourth-order valence-electron chi connectivity index (χ4n) is 4.40. The standard InChI is InChI=1S/C25H50N4O4/c1-13-18(8)23(19(33-12)14-20(30)26-17(6)7)29(11)25(32)21(15(2)3)27-24(31)22(16(4)5)28(9)10/h15-19,21-23H,13-14H2,1-12H3,(H,26,30)(H,27,31)/t18-,19+,21-,22-,23-/m0/s1. The number of carbonyl (C=O) groups excluding carboxylic acids is 3. The fraction of sp³-hybridized carbons (Fsp3) is 0.880. The molecule has 0 aromatic heterocycles. The van der Waals surface area contributed by atoms with Gasteiger partial charge in [0.25, 0.3) is 0 Å². The van der Waals surface area contributed by atoms with Gasteiger partial charge in [0.15, 0.2) is 0 Å². The van der Waals surface area contributed by atoms with Crippen molar-refractivity contribution in [2.24, 2.45) is 17.8 Å². The molecule has 0 spiro atoms. The van der Waals surface area contributed by atoms with E-state index in [2.05, 4.69) is 24.5 Å². The number of ether oxygens (including phenoxy) is 1. The van der Waals surface area contributed by atoms with Crippen LogP contribution >= 0.6 is 0 Å². The zero-order valence-corrected chi connectivity index (χ0v) is 23.1. The van der Waals surface area contributed by atoms with Crippen LogP contribution in [-0.4, -0.2) is 86.0 Å². The van der Waals surface area contributed by atoms with E-state index in [9.17, 15) is 14.4 Å². The van der Waals surface area contributed by atoms with Gasteiger partial charge in [0.05, 0.1) is 24.6 Å². The first-order valence-electron chi connectivity index (χ1n) is 12.2. The van der Waals surface area contributed by atoms with Gasteiger partial charge in [0, 0.05) is 20.2 Å². The molecule has 0 aromatic carbocycles. The van der Waals surface area contributed by atoms with Gasteiger partial charge in [-0.05, 0) is 45.7 Å². The summed E-state index contributed by atoms with van der Waals surface area (Å²) in [5.41, 5.74) is 0. The molecule has 0 aliphatic heterocycles. The van der Waals surface area contributed by atoms with Crippen LogP contribution in [0.1, 0.15) is 68.2 Å². The lowest BCUT2D eigenvalue weighted by atomic mass is 9.89. The number of amides is 3. The van der Waals surface area contributed by atoms with Gasteiger partial charge >= 0.3 is 0 Å². The summed E-state index contributed by atoms with van der Waals surface area (Å²) in [6.45, 7) is 15.8. The maximum absolute atomic E-state index is 13.7. The highest BCUT2D eigenvalue weighted by Crippen LogP contribution is 2.23. The Kier molecular flexibility index (Phi) is 13.8. The minimum absolute atomic E-state index is 0.0301. The second-order valence-electron chi connectivity index (χ2n) is 10.4. The maximum Gasteiger partial charge on any atom is 0.245 e. The van der Waals surface area contributed by atoms with E-state index in [0.29, 0.717) is 0 Å². The Morgan fingerprint density at radius 1 is 0.879 bits per heavy atom. The van der Waals surface area contributed by atoms with Crippen molar-refractivity contribution in [2.75, 3.05) is 28.3 Å². The minimum atomic E-state index is -0.669. The van der Waals surface area contributed by atoms with Crippen LogP contribution in [0.4, 0.5) is 0 Å². The highest BCUT2D eigenvalue weighted by molar-refractivity contribution is 5.90. The summed E-state index contributed by atoms with van der Waals surface area (Å²) in [6, 6.07) is -1.28. The zero-order chi connectivity index (χ0) is 26.0. The van der Waals surface area contributed by atoms with Crippen LogP contribution in [0, 0.1) is 17.8 Å². The van der Waals surface area contributed by atoms with Crippen molar-refractivity contribution in [3.05, 3.63) is 0 Å². The van der Waals surface area contributed by atoms with Gasteiger partial charge in [-0.1, -0.05) is 48.0 Å². The van der Waals surface area contributed by atoms with Gasteiger partial charge < -0.3 is 20.3 Å². The van der Waals surface area contributed by atoms with E-state index in [0.717, 1.165) is 6.42 Å². The van der Waals surface area contributed by atoms with Gasteiger partial charge in [0.1, 0.15) is 6.04 Å². The Balaban J connectivity index is 5.86. The normalized spacial score (nSPS) is 16.5. The number of rotatable bonds is 14. The van der Waals surface area contributed by atoms with Crippen LogP contribution < -0.4 is 10.6 Å². The van der Waals surface area contributed by atoms with Crippen molar-refractivity contribution in [2.45, 2.75) is 98.5 Å². The third-order valence-corrected chi connectivity index (χ3v) is 6.23. The molecular weight excluding hydrogens is 420 g/mol. The first kappa shape index (κ1) is 31.3. The maximum atomic E-state index is 13.7. The van der Waals surface area contributed by atoms with Crippen LogP contribution in [0.3, 0.4) is 0 Å². The first-order chi connectivity index (χ1) is 15.2. The second kappa shape index (κ2) is 14.6. The number of methoxy groups -OCH3 is 1. The smallest absolute Gasteiger partial charge is 0.245 e. The number of hydrogen-bond acceptors (Lipinski definition) is 5. The summed E-state index contributed by atoms with van der Waals surface area (Å²) < 4.78 is 5.73. The van der Waals surface area contributed by atoms with Crippen LogP contribution in [0.25, 0.3) is 0 Å². The molecule has 2 N–H and O–H groups in total. The molecule has 0 rings (SSSR count). The molecule has 0 radical (unpaired) electrons. The Hall–Kier alpha value is -1.67. The monoisotopic (exact) mass is 470 g/mol. The summed E-state index contributed by atoms with van der Waals surface area (Å²) in [6.07, 6.45) is 0.528. The van der Waals surface area contributed by atoms with Gasteiger partial charge in [0.2, 0.25) is 17.7 Å². The third kappa shape index (κ3) is 9.61. The Morgan fingerprint density at radius 2 is 1.42 bits per heavy atom. The van der Waals surface area contributed by atoms with E-state index in [1.807, 2.05) is 60.5 Å². The summed E-state index contributed by atoms with van der Waals surface area (Å²) in [4.78, 5) is 42.8. The van der Waals surface area contributed by atoms with E-state index in [1.165, 1.54) is 0 Å². The molecule has 0 fully saturated rings. The summed E-state index contributed by atoms with van der Waals surface area (Å²) in [7, 11) is 7.06. The van der Waals surface area contributed by atoms with Crippen LogP contribution in [0.2, 0.25) is 0 Å². The molecular formula is C25H50N4O4. The van der Waals surface area contributed by atoms with E-state index in [1.54, 1.807) is 19.1 Å². The predicted octanol–water partition coefficient (Wildman–Crippen LogP) is 2.52. The molecule has 33 heavy (non-hydrogen) atoms. The zero-order valence-electron chi connectivity index (χ0n) is 23.1. The predicted molar refractivity (Wildman–Crippen MR) is 134 cm³/mol. The highest BCUT2D eigenvalue weighted by atomic mass is 16.5. The molecule has 0 aromatic rings. The van der Waals surface area contributed by atoms with Crippen molar-refractivity contribution in [1.29, 1.82) is 0 Å². The molecule has 3 amide bonds. The molecule has 0 unspecified atom stereocenters. The quantitative estimate of drug-likeness (QED) is 0.407. The second-order valence-corrected chi connectivity index (χ2v) is 10.4. The number of likely N-dealkylation sites (N-methyl/N-ethyl adjacent to an activating group) is 2. The van der Waals surface area contributed by atoms with Crippen molar-refractivity contribution in [1.82, 2.24) is 20.4 Å². The number of hydrogen-bond donors (Lipinski definition) is 2. The molecule has 0 aliphatic rings. The Bertz CT molecular complexity index is 614. The van der Waals surface area contributed by atoms with Crippen molar-refractivity contribution < 1.29 is 19.1 Å². The molecule has 0 saturated carbocycles. The van der Waals surface area contributed by atoms with Crippen molar-refractivity contribution in [3.8, 4) is 0 Å². The lowest BCUT2D eigenvalue weighted by Crippen LogP contribution is -2.59. The Labute approximate surface area is 202 Å². The molecule has 0 aliphatic carbocycles. The van der Waals surface area contributed by atoms with Crippen LogP contribution in [0.5, 0.6) is 0 Å². The largest absolute Gasteiger partial charge is 0.379 e. The van der Waals surface area contributed by atoms with Gasteiger partial charge in [-0.2, -0.15) is 0 Å². The van der Waals surface area contributed by atoms with Crippen LogP contribution in [0.15, 0.2) is 0 Å². The molecule has 0 bridgehead atoms. The summed E-state index contributed by atoms with van der Waals surface area (Å²) >= 11 is 0. The number of nitrogens with zero attached hydrogens (tertiary/aromatic N) is 2. The highest BCUT2D eigenvalue weighted by Gasteiger charge is 2.38. The lowest BCUT2D eigenvalue weighted by molar-refractivity contribution is -0.144. The molecule has 194 valence electrons. The topological polar surface area (TPSA) is 91.0 Å². The first-order valence-corrected chi connectivity index (χ1v) is 12.2. The molecule has 5 atom stereocenters. The molecule has 8 nitrogen and oxygen atoms in total. The third-order valence-electron chi connectivity index (χ3n) is 6.23. The van der Waals surface area contributed by atoms with E-state index in [-0.39, 0.29) is 60.0 Å². The average Bonchev–Trinajstić information content (AvgIpc) is 2.68. The van der Waals surface area contributed by atoms with Gasteiger partial charge in [-0.25, -0.2) is 0 Å². The average molecular weight is 471 g/mol. The molecule has 8 heteroatoms. The molecule has 0 saturated heterocycles. The lowest BCUT2D eigenvalue weighted by Gasteiger charge is -2.40. The fourth-order valence-corrected chi connectivity index (χ4v) is 4.40. The Morgan fingerprint density at radius 3 is 1.79 bits per heavy atom. The number of carbonyl (C=O) groups is 3.